The second-order valence-corrected chi connectivity index (χ2v) is 6.72. The van der Waals surface area contributed by atoms with Crippen LogP contribution in [-0.4, -0.2) is 21.3 Å². The number of aromatic nitrogens is 2. The number of halogens is 1. The van der Waals surface area contributed by atoms with Crippen LogP contribution in [0.4, 0.5) is 5.69 Å². The first-order chi connectivity index (χ1) is 12.6. The van der Waals surface area contributed by atoms with Gasteiger partial charge >= 0.3 is 0 Å². The van der Waals surface area contributed by atoms with Crippen LogP contribution >= 0.6 is 11.6 Å². The molecule has 4 rings (SSSR count). The lowest BCUT2D eigenvalue weighted by molar-refractivity contribution is 0.0951. The van der Waals surface area contributed by atoms with Crippen molar-refractivity contribution in [1.82, 2.24) is 14.7 Å². The zero-order valence-corrected chi connectivity index (χ0v) is 14.7. The van der Waals surface area contributed by atoms with Gasteiger partial charge in [0.2, 0.25) is 0 Å². The minimum atomic E-state index is -0.145. The number of fused-ring (bicyclic) bond motifs is 1. The number of carbonyl (C=O) groups excluding carboxylic acids is 1. The summed E-state index contributed by atoms with van der Waals surface area (Å²) in [6.45, 7) is 0.380. The second-order valence-electron chi connectivity index (χ2n) is 6.31. The molecule has 0 unspecified atom stereocenters. The highest BCUT2D eigenvalue weighted by Gasteiger charge is 2.24. The normalized spacial score (nSPS) is 13.6. The van der Waals surface area contributed by atoms with Gasteiger partial charge in [-0.15, -0.1) is 0 Å². The molecule has 2 heterocycles. The highest BCUT2D eigenvalue weighted by Crippen LogP contribution is 2.24. The lowest BCUT2D eigenvalue weighted by Gasteiger charge is -2.10. The van der Waals surface area contributed by atoms with E-state index in [1.807, 2.05) is 6.07 Å². The smallest absolute Gasteiger partial charge is 0.258 e. The minimum absolute atomic E-state index is 0.127. The van der Waals surface area contributed by atoms with Crippen LogP contribution in [0.25, 0.3) is 5.65 Å². The first-order valence-electron chi connectivity index (χ1n) is 8.42. The summed E-state index contributed by atoms with van der Waals surface area (Å²) in [5.41, 5.74) is 2.33. The van der Waals surface area contributed by atoms with Crippen LogP contribution in [0.5, 0.6) is 0 Å². The molecule has 2 N–H and O–H groups in total. The summed E-state index contributed by atoms with van der Waals surface area (Å²) in [6, 6.07) is 12.4. The molecule has 7 heteroatoms. The van der Waals surface area contributed by atoms with E-state index >= 15 is 0 Å². The van der Waals surface area contributed by atoms with Crippen molar-refractivity contribution in [2.24, 2.45) is 0 Å². The van der Waals surface area contributed by atoms with Gasteiger partial charge in [0, 0.05) is 24.0 Å². The largest absolute Gasteiger partial charge is 0.379 e. The van der Waals surface area contributed by atoms with Crippen molar-refractivity contribution in [2.45, 2.75) is 25.4 Å². The Morgan fingerprint density at radius 2 is 2.08 bits per heavy atom. The molecule has 1 aromatic carbocycles. The van der Waals surface area contributed by atoms with Crippen molar-refractivity contribution >= 4 is 28.8 Å². The molecule has 3 aromatic rings. The first kappa shape index (κ1) is 16.6. The fourth-order valence-electron chi connectivity index (χ4n) is 2.69. The summed E-state index contributed by atoms with van der Waals surface area (Å²) in [4.78, 5) is 28.7. The predicted octanol–water partition coefficient (Wildman–Crippen LogP) is 2.85. The summed E-state index contributed by atoms with van der Waals surface area (Å²) in [5.74, 6) is -0.145. The van der Waals surface area contributed by atoms with Crippen LogP contribution in [0.2, 0.25) is 5.02 Å². The molecule has 0 atom stereocenters. The zero-order chi connectivity index (χ0) is 18.1. The fourth-order valence-corrected chi connectivity index (χ4v) is 2.95. The Balaban J connectivity index is 1.48. The van der Waals surface area contributed by atoms with Crippen LogP contribution in [0.3, 0.4) is 0 Å². The van der Waals surface area contributed by atoms with Crippen LogP contribution in [0.1, 0.15) is 28.9 Å². The van der Waals surface area contributed by atoms with E-state index in [1.165, 1.54) is 10.5 Å². The number of benzene rings is 1. The number of hydrogen-bond acceptors (Lipinski definition) is 4. The van der Waals surface area contributed by atoms with E-state index in [0.29, 0.717) is 28.5 Å². The molecule has 0 aliphatic heterocycles. The summed E-state index contributed by atoms with van der Waals surface area (Å²) in [5, 5.41) is 6.50. The quantitative estimate of drug-likeness (QED) is 0.726. The number of anilines is 1. The van der Waals surface area contributed by atoms with Crippen molar-refractivity contribution in [3.63, 3.8) is 0 Å². The molecule has 0 radical (unpaired) electrons. The van der Waals surface area contributed by atoms with Gasteiger partial charge in [0.1, 0.15) is 5.65 Å². The van der Waals surface area contributed by atoms with E-state index in [-0.39, 0.29) is 17.5 Å². The SMILES string of the molecule is O=C(NC1CC1)c1ccc(NCc2cc(=O)n3ccccc3n2)cc1Cl. The average molecular weight is 369 g/mol. The molecule has 1 amide bonds. The third-order valence-corrected chi connectivity index (χ3v) is 4.54. The first-order valence-corrected chi connectivity index (χ1v) is 8.79. The van der Waals surface area contributed by atoms with Crippen LogP contribution in [0.15, 0.2) is 53.5 Å². The standard InChI is InChI=1S/C19H17ClN4O2/c20-16-9-13(6-7-15(16)19(26)23-12-4-5-12)21-11-14-10-18(25)24-8-2-1-3-17(24)22-14/h1-3,6-10,12,21H,4-5,11H2,(H,23,26). The average Bonchev–Trinajstić information content (AvgIpc) is 3.44. The third-order valence-electron chi connectivity index (χ3n) is 4.22. The maximum atomic E-state index is 12.1. The molecule has 0 saturated heterocycles. The summed E-state index contributed by atoms with van der Waals surface area (Å²) < 4.78 is 1.49. The van der Waals surface area contributed by atoms with Gasteiger partial charge in [-0.25, -0.2) is 4.98 Å². The Labute approximate surface area is 154 Å². The van der Waals surface area contributed by atoms with E-state index in [2.05, 4.69) is 15.6 Å². The predicted molar refractivity (Wildman–Crippen MR) is 101 cm³/mol. The van der Waals surface area contributed by atoms with Gasteiger partial charge in [0.15, 0.2) is 0 Å². The Bertz CT molecular complexity index is 1040. The molecule has 1 fully saturated rings. The monoisotopic (exact) mass is 368 g/mol. The Hall–Kier alpha value is -2.86. The lowest BCUT2D eigenvalue weighted by Crippen LogP contribution is -2.25. The summed E-state index contributed by atoms with van der Waals surface area (Å²) >= 11 is 6.24. The van der Waals surface area contributed by atoms with Crippen molar-refractivity contribution in [3.8, 4) is 0 Å². The summed E-state index contributed by atoms with van der Waals surface area (Å²) in [6.07, 6.45) is 3.75. The maximum absolute atomic E-state index is 12.1. The molecule has 1 aliphatic carbocycles. The molecule has 26 heavy (non-hydrogen) atoms. The number of pyridine rings is 1. The second kappa shape index (κ2) is 6.80. The highest BCUT2D eigenvalue weighted by molar-refractivity contribution is 6.34. The summed E-state index contributed by atoms with van der Waals surface area (Å²) in [7, 11) is 0. The van der Waals surface area contributed by atoms with Gasteiger partial charge in [-0.3, -0.25) is 14.0 Å². The fraction of sp³-hybridized carbons (Fsp3) is 0.211. The van der Waals surface area contributed by atoms with Crippen molar-refractivity contribution < 1.29 is 4.79 Å². The topological polar surface area (TPSA) is 75.5 Å². The highest BCUT2D eigenvalue weighted by atomic mass is 35.5. The van der Waals surface area contributed by atoms with Crippen molar-refractivity contribution in [1.29, 1.82) is 0 Å². The molecule has 0 spiro atoms. The number of hydrogen-bond donors (Lipinski definition) is 2. The van der Waals surface area contributed by atoms with Crippen LogP contribution in [0, 0.1) is 0 Å². The molecule has 6 nitrogen and oxygen atoms in total. The number of carbonyl (C=O) groups is 1. The molecular formula is C19H17ClN4O2. The van der Waals surface area contributed by atoms with E-state index in [1.54, 1.807) is 36.5 Å². The van der Waals surface area contributed by atoms with Gasteiger partial charge in [0.05, 0.1) is 22.8 Å². The number of nitrogens with zero attached hydrogens (tertiary/aromatic N) is 2. The van der Waals surface area contributed by atoms with Crippen molar-refractivity contribution in [3.05, 3.63) is 75.3 Å². The van der Waals surface area contributed by atoms with E-state index < -0.39 is 0 Å². The minimum Gasteiger partial charge on any atom is -0.379 e. The van der Waals surface area contributed by atoms with Gasteiger partial charge in [-0.05, 0) is 43.2 Å². The number of rotatable bonds is 5. The number of amides is 1. The maximum Gasteiger partial charge on any atom is 0.258 e. The lowest BCUT2D eigenvalue weighted by atomic mass is 10.2. The molecule has 0 bridgehead atoms. The molecule has 1 saturated carbocycles. The van der Waals surface area contributed by atoms with Crippen LogP contribution in [-0.2, 0) is 6.54 Å². The Kier molecular flexibility index (Phi) is 4.34. The van der Waals surface area contributed by atoms with E-state index in [9.17, 15) is 9.59 Å². The molecule has 2 aromatic heterocycles. The van der Waals surface area contributed by atoms with Gasteiger partial charge in [0.25, 0.3) is 11.5 Å². The molecular weight excluding hydrogens is 352 g/mol. The third kappa shape index (κ3) is 3.55. The Morgan fingerprint density at radius 1 is 1.23 bits per heavy atom. The van der Waals surface area contributed by atoms with E-state index in [0.717, 1.165) is 18.5 Å². The molecule has 132 valence electrons. The van der Waals surface area contributed by atoms with Gasteiger partial charge < -0.3 is 10.6 Å². The zero-order valence-electron chi connectivity index (χ0n) is 13.9. The molecule has 1 aliphatic rings. The Morgan fingerprint density at radius 3 is 2.85 bits per heavy atom. The van der Waals surface area contributed by atoms with Gasteiger partial charge in [-0.1, -0.05) is 17.7 Å². The van der Waals surface area contributed by atoms with E-state index in [4.69, 9.17) is 11.6 Å². The van der Waals surface area contributed by atoms with Crippen molar-refractivity contribution in [2.75, 3.05) is 5.32 Å². The van der Waals surface area contributed by atoms with Gasteiger partial charge in [-0.2, -0.15) is 0 Å². The number of nitrogens with one attached hydrogen (secondary N) is 2. The van der Waals surface area contributed by atoms with Crippen LogP contribution < -0.4 is 16.2 Å².